The van der Waals surface area contributed by atoms with Gasteiger partial charge in [0.25, 0.3) is 0 Å². The van der Waals surface area contributed by atoms with Crippen LogP contribution >= 0.6 is 0 Å². The summed E-state index contributed by atoms with van der Waals surface area (Å²) in [7, 11) is 0. The van der Waals surface area contributed by atoms with Crippen LogP contribution in [0.4, 0.5) is 34.1 Å². The van der Waals surface area contributed by atoms with Crippen molar-refractivity contribution in [1.82, 2.24) is 0 Å². The van der Waals surface area contributed by atoms with Gasteiger partial charge in [0.15, 0.2) is 0 Å². The second-order valence-electron chi connectivity index (χ2n) is 20.5. The molecule has 0 N–H and O–H groups in total. The van der Waals surface area contributed by atoms with Crippen LogP contribution in [0.15, 0.2) is 138 Å². The van der Waals surface area contributed by atoms with Gasteiger partial charge in [-0.25, -0.2) is 0 Å². The van der Waals surface area contributed by atoms with Gasteiger partial charge in [0.1, 0.15) is 11.2 Å². The van der Waals surface area contributed by atoms with Crippen LogP contribution in [-0.2, 0) is 10.8 Å². The monoisotopic (exact) mass is 766 g/mol. The average Bonchev–Trinajstić information content (AvgIpc) is 3.63. The van der Waals surface area contributed by atoms with Gasteiger partial charge in [-0.05, 0) is 194 Å². The van der Waals surface area contributed by atoms with Crippen LogP contribution in [0.1, 0.15) is 86.5 Å². The molecule has 1 aromatic heterocycles. The Morgan fingerprint density at radius 1 is 0.356 bits per heavy atom. The SMILES string of the molecule is c1ccc2c(c1)N(c1ccc3oc4ccc(N5c6ccccc6C6(c7ccccc75)C5CC7C[C@H](C5)C[C@H]6C7)cc4c3c1)c1ccccc1C21C2CC3C[C@H](C2)C[C@H]1C3. The van der Waals surface area contributed by atoms with Crippen LogP contribution in [0.5, 0.6) is 0 Å². The van der Waals surface area contributed by atoms with Gasteiger partial charge >= 0.3 is 0 Å². The number of hydrogen-bond acceptors (Lipinski definition) is 3. The van der Waals surface area contributed by atoms with Crippen LogP contribution in [-0.4, -0.2) is 0 Å². The third-order valence-corrected chi connectivity index (χ3v) is 18.2. The number of fused-ring (bicyclic) bond motifs is 7. The second-order valence-corrected chi connectivity index (χ2v) is 20.5. The normalized spacial score (nSPS) is 30.6. The molecule has 2 aliphatic heterocycles. The highest BCUT2D eigenvalue weighted by atomic mass is 16.3. The molecular formula is C56H50N2O. The van der Waals surface area contributed by atoms with Crippen LogP contribution < -0.4 is 9.80 Å². The minimum absolute atomic E-state index is 0.106. The number of para-hydroxylation sites is 4. The van der Waals surface area contributed by atoms with Crippen molar-refractivity contribution >= 4 is 56.1 Å². The molecule has 3 nitrogen and oxygen atoms in total. The lowest BCUT2D eigenvalue weighted by molar-refractivity contribution is -0.0419. The molecule has 7 aromatic rings. The summed E-state index contributed by atoms with van der Waals surface area (Å²) in [5, 5.41) is 2.36. The Hall–Kier alpha value is -5.28. The van der Waals surface area contributed by atoms with Gasteiger partial charge in [0, 0.05) is 33.0 Å². The van der Waals surface area contributed by atoms with E-state index < -0.39 is 0 Å². The summed E-state index contributed by atoms with van der Waals surface area (Å²) in [5.41, 5.74) is 16.2. The fourth-order valence-corrected chi connectivity index (χ4v) is 16.8. The maximum Gasteiger partial charge on any atom is 0.135 e. The van der Waals surface area contributed by atoms with Crippen molar-refractivity contribution < 1.29 is 4.42 Å². The Bertz CT molecular complexity index is 2570. The molecule has 0 radical (unpaired) electrons. The zero-order valence-corrected chi connectivity index (χ0v) is 33.7. The van der Waals surface area contributed by atoms with E-state index in [4.69, 9.17) is 4.42 Å². The molecule has 8 aliphatic carbocycles. The molecule has 3 heteroatoms. The van der Waals surface area contributed by atoms with Crippen molar-refractivity contribution in [1.29, 1.82) is 0 Å². The molecule has 0 amide bonds. The van der Waals surface area contributed by atoms with Crippen molar-refractivity contribution in [3.63, 3.8) is 0 Å². The van der Waals surface area contributed by atoms with Crippen molar-refractivity contribution in [3.05, 3.63) is 156 Å². The van der Waals surface area contributed by atoms with Crippen molar-refractivity contribution in [3.8, 4) is 0 Å². The van der Waals surface area contributed by atoms with E-state index in [0.29, 0.717) is 0 Å². The number of anilines is 6. The lowest BCUT2D eigenvalue weighted by atomic mass is 9.41. The summed E-state index contributed by atoms with van der Waals surface area (Å²) < 4.78 is 6.69. The van der Waals surface area contributed by atoms with Crippen LogP contribution in [0.25, 0.3) is 21.9 Å². The molecule has 59 heavy (non-hydrogen) atoms. The zero-order chi connectivity index (χ0) is 38.2. The standard InChI is InChI=1S/C56H50N2O/c1-5-13-49-45(9-1)55(37-23-33-21-34(25-37)26-38(55)24-33)46-10-2-6-14-50(46)57(49)41-17-19-53-43(31-41)44-32-42(18-20-54(44)59-53)58-51-15-7-3-11-47(51)56(48-12-4-8-16-52(48)58)39-27-35-22-36(29-39)30-40(56)28-35/h1-20,31-40H,21-30H2/t33-,34?,35-,36?,37-,38?,39-,40?/m0/s1. The van der Waals surface area contributed by atoms with Crippen molar-refractivity contribution in [2.75, 3.05) is 9.80 Å². The van der Waals surface area contributed by atoms with Gasteiger partial charge in [-0.15, -0.1) is 0 Å². The van der Waals surface area contributed by atoms with Gasteiger partial charge in [-0.2, -0.15) is 0 Å². The summed E-state index contributed by atoms with van der Waals surface area (Å²) in [6.45, 7) is 0. The minimum atomic E-state index is 0.106. The molecule has 17 rings (SSSR count). The first kappa shape index (κ1) is 32.6. The maximum absolute atomic E-state index is 6.69. The van der Waals surface area contributed by atoms with E-state index in [0.717, 1.165) is 58.5 Å². The van der Waals surface area contributed by atoms with Gasteiger partial charge in [-0.1, -0.05) is 72.8 Å². The lowest BCUT2D eigenvalue weighted by Crippen LogP contribution is -2.57. The quantitative estimate of drug-likeness (QED) is 0.175. The lowest BCUT2D eigenvalue weighted by Gasteiger charge is -2.64. The molecule has 8 fully saturated rings. The molecule has 0 saturated heterocycles. The van der Waals surface area contributed by atoms with Crippen molar-refractivity contribution in [2.45, 2.75) is 75.0 Å². The first-order valence-electron chi connectivity index (χ1n) is 23.1. The first-order valence-corrected chi connectivity index (χ1v) is 23.1. The predicted molar refractivity (Wildman–Crippen MR) is 239 cm³/mol. The molecule has 8 saturated carbocycles. The molecule has 0 atom stereocenters. The molecule has 10 aliphatic rings. The third kappa shape index (κ3) is 3.97. The molecular weight excluding hydrogens is 717 g/mol. The second kappa shape index (κ2) is 11.3. The number of benzene rings is 6. The number of hydrogen-bond donors (Lipinski definition) is 0. The highest BCUT2D eigenvalue weighted by Crippen LogP contribution is 2.71. The molecule has 290 valence electrons. The van der Waals surface area contributed by atoms with Gasteiger partial charge in [0.05, 0.1) is 22.7 Å². The van der Waals surface area contributed by atoms with Crippen LogP contribution in [0, 0.1) is 47.3 Å². The summed E-state index contributed by atoms with van der Waals surface area (Å²) >= 11 is 0. The van der Waals surface area contributed by atoms with E-state index >= 15 is 0 Å². The van der Waals surface area contributed by atoms with Crippen LogP contribution in [0.3, 0.4) is 0 Å². The van der Waals surface area contributed by atoms with E-state index in [-0.39, 0.29) is 10.8 Å². The Kier molecular flexibility index (Phi) is 6.23. The summed E-state index contributed by atoms with van der Waals surface area (Å²) in [6.07, 6.45) is 14.1. The van der Waals surface area contributed by atoms with E-state index in [1.165, 1.54) is 109 Å². The van der Waals surface area contributed by atoms with Gasteiger partial charge < -0.3 is 14.2 Å². The highest BCUT2D eigenvalue weighted by Gasteiger charge is 2.63. The Morgan fingerprint density at radius 3 is 0.983 bits per heavy atom. The van der Waals surface area contributed by atoms with E-state index in [1.54, 1.807) is 22.3 Å². The summed E-state index contributed by atoms with van der Waals surface area (Å²) in [4.78, 5) is 5.18. The minimum Gasteiger partial charge on any atom is -0.456 e. The molecule has 6 aromatic carbocycles. The topological polar surface area (TPSA) is 19.6 Å². The average molecular weight is 767 g/mol. The van der Waals surface area contributed by atoms with Gasteiger partial charge in [0.2, 0.25) is 0 Å². The van der Waals surface area contributed by atoms with Gasteiger partial charge in [-0.3, -0.25) is 0 Å². The molecule has 3 heterocycles. The first-order chi connectivity index (χ1) is 29.2. The predicted octanol–water partition coefficient (Wildman–Crippen LogP) is 14.6. The number of furan rings is 1. The number of rotatable bonds is 2. The van der Waals surface area contributed by atoms with E-state index in [9.17, 15) is 0 Å². The Labute approximate surface area is 347 Å². The third-order valence-electron chi connectivity index (χ3n) is 18.2. The fourth-order valence-electron chi connectivity index (χ4n) is 16.8. The van der Waals surface area contributed by atoms with E-state index in [1.807, 2.05) is 0 Å². The molecule has 2 spiro atoms. The maximum atomic E-state index is 6.69. The Morgan fingerprint density at radius 2 is 0.661 bits per heavy atom. The zero-order valence-electron chi connectivity index (χ0n) is 33.7. The fraction of sp³-hybridized carbons (Fsp3) is 0.357. The molecule has 0 unspecified atom stereocenters. The largest absolute Gasteiger partial charge is 0.456 e. The highest BCUT2D eigenvalue weighted by molar-refractivity contribution is 6.08. The summed E-state index contributed by atoms with van der Waals surface area (Å²) in [5.74, 6) is 6.60. The summed E-state index contributed by atoms with van der Waals surface area (Å²) in [6, 6.07) is 51.9. The smallest absolute Gasteiger partial charge is 0.135 e. The molecule has 8 bridgehead atoms. The van der Waals surface area contributed by atoms with E-state index in [2.05, 4.69) is 143 Å². The Balaban J connectivity index is 0.893. The van der Waals surface area contributed by atoms with Crippen molar-refractivity contribution in [2.24, 2.45) is 47.3 Å². The number of nitrogens with zero attached hydrogens (tertiary/aromatic N) is 2. The van der Waals surface area contributed by atoms with Crippen LogP contribution in [0.2, 0.25) is 0 Å².